The largest absolute Gasteiger partial charge is 0.356 e. The van der Waals surface area contributed by atoms with Crippen LogP contribution >= 0.6 is 11.8 Å². The summed E-state index contributed by atoms with van der Waals surface area (Å²) in [5, 5.41) is 0.744. The van der Waals surface area contributed by atoms with Gasteiger partial charge in [-0.05, 0) is 19.1 Å². The van der Waals surface area contributed by atoms with Crippen LogP contribution in [0.5, 0.6) is 0 Å². The zero-order chi connectivity index (χ0) is 14.3. The first-order valence-corrected chi connectivity index (χ1v) is 8.05. The average Bonchev–Trinajstić information content (AvgIpc) is 2.48. The first-order chi connectivity index (χ1) is 9.18. The Hall–Kier alpha value is -1.01. The van der Waals surface area contributed by atoms with Crippen LogP contribution in [-0.2, 0) is 0 Å². The first kappa shape index (κ1) is 16.0. The summed E-state index contributed by atoms with van der Waals surface area (Å²) < 4.78 is 0. The normalized spacial score (nSPS) is 10.8. The van der Waals surface area contributed by atoms with Crippen molar-refractivity contribution < 1.29 is 0 Å². The van der Waals surface area contributed by atoms with Gasteiger partial charge in [-0.1, -0.05) is 38.5 Å². The number of nitrogens with two attached hydrogens (primary N) is 1. The molecule has 0 aromatic carbocycles. The van der Waals surface area contributed by atoms with Crippen molar-refractivity contribution in [1.29, 1.82) is 0 Å². The fourth-order valence-electron chi connectivity index (χ4n) is 1.98. The Kier molecular flexibility index (Phi) is 6.94. The number of nitrogens with one attached hydrogen (secondary N) is 1. The minimum Gasteiger partial charge on any atom is -0.356 e. The maximum absolute atomic E-state index is 5.47. The van der Waals surface area contributed by atoms with Crippen LogP contribution in [0.25, 0.3) is 0 Å². The van der Waals surface area contributed by atoms with Gasteiger partial charge in [-0.2, -0.15) is 0 Å². The predicted molar refractivity (Wildman–Crippen MR) is 83.6 cm³/mol. The highest BCUT2D eigenvalue weighted by Crippen LogP contribution is 2.22. The monoisotopic (exact) mass is 283 g/mol. The van der Waals surface area contributed by atoms with Crippen LogP contribution in [0.15, 0.2) is 11.2 Å². The molecule has 1 aromatic rings. The average molecular weight is 283 g/mol. The van der Waals surface area contributed by atoms with Crippen molar-refractivity contribution in [3.8, 4) is 0 Å². The number of hydrogen-bond donors (Lipinski definition) is 2. The molecule has 1 rings (SSSR count). The van der Waals surface area contributed by atoms with Gasteiger partial charge in [0.25, 0.3) is 0 Å². The predicted octanol–water partition coefficient (Wildman–Crippen LogP) is 2.75. The molecule has 1 heterocycles. The fourth-order valence-corrected chi connectivity index (χ4v) is 2.36. The number of nitrogen functional groups attached to an aromatic ring is 1. The van der Waals surface area contributed by atoms with Crippen molar-refractivity contribution in [2.24, 2.45) is 11.8 Å². The van der Waals surface area contributed by atoms with E-state index in [4.69, 9.17) is 5.84 Å². The third-order valence-electron chi connectivity index (χ3n) is 3.36. The van der Waals surface area contributed by atoms with E-state index < -0.39 is 0 Å². The smallest absolute Gasteiger partial charge is 0.191 e. The molecule has 1 aromatic heterocycles. The van der Waals surface area contributed by atoms with Crippen LogP contribution in [0.3, 0.4) is 0 Å². The molecule has 0 spiro atoms. The molecule has 6 heteroatoms. The Labute approximate surface area is 120 Å². The fraction of sp³-hybridized carbons (Fsp3) is 0.692. The molecule has 0 amide bonds. The lowest BCUT2D eigenvalue weighted by Crippen LogP contribution is -2.30. The van der Waals surface area contributed by atoms with E-state index in [1.807, 2.05) is 12.3 Å². The quantitative estimate of drug-likeness (QED) is 0.331. The minimum atomic E-state index is 0.664. The number of aromatic nitrogens is 2. The summed E-state index contributed by atoms with van der Waals surface area (Å²) in [5.41, 5.74) is 2.61. The van der Waals surface area contributed by atoms with Crippen molar-refractivity contribution in [3.63, 3.8) is 0 Å². The number of hydrazine groups is 1. The molecular formula is C13H25N5S. The summed E-state index contributed by atoms with van der Waals surface area (Å²) in [6.45, 7) is 8.59. The van der Waals surface area contributed by atoms with Gasteiger partial charge in [0.2, 0.25) is 0 Å². The second-order valence-corrected chi connectivity index (χ2v) is 5.24. The molecule has 19 heavy (non-hydrogen) atoms. The number of anilines is 2. The van der Waals surface area contributed by atoms with Gasteiger partial charge in [-0.3, -0.25) is 0 Å². The highest BCUT2D eigenvalue weighted by molar-refractivity contribution is 7.98. The molecule has 0 aliphatic rings. The van der Waals surface area contributed by atoms with Crippen molar-refractivity contribution in [2.45, 2.75) is 38.8 Å². The van der Waals surface area contributed by atoms with E-state index in [9.17, 15) is 0 Å². The zero-order valence-corrected chi connectivity index (χ0v) is 13.1. The van der Waals surface area contributed by atoms with Gasteiger partial charge < -0.3 is 10.3 Å². The topological polar surface area (TPSA) is 67.1 Å². The van der Waals surface area contributed by atoms with Gasteiger partial charge in [0.05, 0.1) is 0 Å². The molecule has 3 N–H and O–H groups in total. The summed E-state index contributed by atoms with van der Waals surface area (Å²) >= 11 is 1.53. The lowest BCUT2D eigenvalue weighted by Gasteiger charge is -2.26. The van der Waals surface area contributed by atoms with Crippen molar-refractivity contribution >= 4 is 23.4 Å². The van der Waals surface area contributed by atoms with Crippen molar-refractivity contribution in [2.75, 3.05) is 29.7 Å². The summed E-state index contributed by atoms with van der Waals surface area (Å²) in [5.74, 6) is 7.78. The molecule has 0 aliphatic carbocycles. The van der Waals surface area contributed by atoms with Crippen molar-refractivity contribution in [1.82, 2.24) is 9.97 Å². The van der Waals surface area contributed by atoms with Crippen LogP contribution in [0, 0.1) is 5.92 Å². The molecule has 0 bridgehead atoms. The lowest BCUT2D eigenvalue weighted by molar-refractivity contribution is 0.484. The van der Waals surface area contributed by atoms with Gasteiger partial charge in [-0.25, -0.2) is 15.8 Å². The summed E-state index contributed by atoms with van der Waals surface area (Å²) in [4.78, 5) is 11.2. The van der Waals surface area contributed by atoms with E-state index in [-0.39, 0.29) is 0 Å². The van der Waals surface area contributed by atoms with Gasteiger partial charge >= 0.3 is 0 Å². The summed E-state index contributed by atoms with van der Waals surface area (Å²) in [7, 11) is 0. The zero-order valence-electron chi connectivity index (χ0n) is 12.3. The van der Waals surface area contributed by atoms with Crippen LogP contribution < -0.4 is 16.2 Å². The van der Waals surface area contributed by atoms with Crippen LogP contribution in [0.2, 0.25) is 0 Å². The number of hydrogen-bond acceptors (Lipinski definition) is 6. The second-order valence-electron chi connectivity index (χ2n) is 4.46. The Bertz CT molecular complexity index is 359. The number of thioether (sulfide) groups is 1. The number of nitrogens with zero attached hydrogens (tertiary/aromatic N) is 3. The molecule has 0 aliphatic heterocycles. The Morgan fingerprint density at radius 1 is 1.32 bits per heavy atom. The second kappa shape index (κ2) is 8.22. The van der Waals surface area contributed by atoms with E-state index in [1.165, 1.54) is 24.6 Å². The Morgan fingerprint density at radius 2 is 2.00 bits per heavy atom. The molecular weight excluding hydrogens is 258 g/mol. The van der Waals surface area contributed by atoms with E-state index in [2.05, 4.69) is 41.1 Å². The van der Waals surface area contributed by atoms with E-state index >= 15 is 0 Å². The molecule has 108 valence electrons. The van der Waals surface area contributed by atoms with Gasteiger partial charge in [-0.15, -0.1) is 0 Å². The van der Waals surface area contributed by atoms with Crippen LogP contribution in [0.1, 0.15) is 33.6 Å². The molecule has 0 saturated heterocycles. The maximum Gasteiger partial charge on any atom is 0.191 e. The Morgan fingerprint density at radius 3 is 2.47 bits per heavy atom. The third kappa shape index (κ3) is 4.54. The molecule has 0 unspecified atom stereocenters. The van der Waals surface area contributed by atoms with Crippen molar-refractivity contribution in [3.05, 3.63) is 6.07 Å². The number of rotatable bonds is 8. The SMILES string of the molecule is CCC(CC)CN(CC)c1cc(NN)nc(SC)n1. The Balaban J connectivity index is 2.96. The first-order valence-electron chi connectivity index (χ1n) is 6.82. The highest BCUT2D eigenvalue weighted by atomic mass is 32.2. The summed E-state index contributed by atoms with van der Waals surface area (Å²) in [6, 6.07) is 1.91. The lowest BCUT2D eigenvalue weighted by atomic mass is 10.0. The maximum atomic E-state index is 5.47. The van der Waals surface area contributed by atoms with Crippen LogP contribution in [0.4, 0.5) is 11.6 Å². The van der Waals surface area contributed by atoms with Gasteiger partial charge in [0.1, 0.15) is 11.6 Å². The third-order valence-corrected chi connectivity index (χ3v) is 3.91. The molecule has 0 fully saturated rings. The highest BCUT2D eigenvalue weighted by Gasteiger charge is 2.14. The molecule has 0 atom stereocenters. The molecule has 0 radical (unpaired) electrons. The standard InChI is InChI=1S/C13H25N5S/c1-5-10(6-2)9-18(7-3)12-8-11(17-14)15-13(16-12)19-4/h8,10H,5-7,9,14H2,1-4H3,(H,15,16,17). The van der Waals surface area contributed by atoms with Crippen LogP contribution in [-0.4, -0.2) is 29.3 Å². The van der Waals surface area contributed by atoms with Gasteiger partial charge in [0.15, 0.2) is 5.16 Å². The van der Waals surface area contributed by atoms with E-state index in [0.29, 0.717) is 11.7 Å². The summed E-state index contributed by atoms with van der Waals surface area (Å²) in [6.07, 6.45) is 4.35. The van der Waals surface area contributed by atoms with Gasteiger partial charge in [0, 0.05) is 19.2 Å². The van der Waals surface area contributed by atoms with E-state index in [0.717, 1.165) is 24.1 Å². The molecule has 0 saturated carbocycles. The van der Waals surface area contributed by atoms with E-state index in [1.54, 1.807) is 0 Å². The molecule has 5 nitrogen and oxygen atoms in total. The minimum absolute atomic E-state index is 0.664.